The van der Waals surface area contributed by atoms with Crippen LogP contribution in [0.1, 0.15) is 42.5 Å². The monoisotopic (exact) mass is 368 g/mol. The largest absolute Gasteiger partial charge is 0.506 e. The van der Waals surface area contributed by atoms with Crippen molar-refractivity contribution < 1.29 is 14.6 Å². The van der Waals surface area contributed by atoms with Crippen LogP contribution < -0.4 is 5.32 Å². The zero-order chi connectivity index (χ0) is 18.7. The molecule has 1 aliphatic carbocycles. The maximum Gasteiger partial charge on any atom is 0.255 e. The van der Waals surface area contributed by atoms with Crippen LogP contribution in [-0.4, -0.2) is 54.3 Å². The van der Waals surface area contributed by atoms with Crippen LogP contribution in [0.25, 0.3) is 10.8 Å². The lowest BCUT2D eigenvalue weighted by molar-refractivity contribution is -0.0361. The first kappa shape index (κ1) is 18.3. The van der Waals surface area contributed by atoms with Crippen LogP contribution >= 0.6 is 0 Å². The first-order valence-electron chi connectivity index (χ1n) is 10.0. The van der Waals surface area contributed by atoms with Gasteiger partial charge in [-0.2, -0.15) is 0 Å². The number of ether oxygens (including phenoxy) is 1. The summed E-state index contributed by atoms with van der Waals surface area (Å²) in [6.45, 7) is 4.01. The summed E-state index contributed by atoms with van der Waals surface area (Å²) >= 11 is 0. The number of hydrogen-bond donors (Lipinski definition) is 2. The summed E-state index contributed by atoms with van der Waals surface area (Å²) < 4.78 is 5.52. The summed E-state index contributed by atoms with van der Waals surface area (Å²) in [6, 6.07) is 11.2. The number of amides is 1. The molecule has 0 aromatic heterocycles. The predicted molar refractivity (Wildman–Crippen MR) is 106 cm³/mol. The Morgan fingerprint density at radius 3 is 2.59 bits per heavy atom. The molecule has 0 unspecified atom stereocenters. The maximum absolute atomic E-state index is 12.9. The molecule has 27 heavy (non-hydrogen) atoms. The van der Waals surface area contributed by atoms with Gasteiger partial charge in [0, 0.05) is 30.6 Å². The van der Waals surface area contributed by atoms with Crippen LogP contribution in [0.15, 0.2) is 36.4 Å². The van der Waals surface area contributed by atoms with Gasteiger partial charge in [-0.15, -0.1) is 0 Å². The minimum Gasteiger partial charge on any atom is -0.506 e. The van der Waals surface area contributed by atoms with Crippen molar-refractivity contribution in [1.29, 1.82) is 0 Å². The fourth-order valence-corrected chi connectivity index (χ4v) is 4.63. The second-order valence-electron chi connectivity index (χ2n) is 7.75. The van der Waals surface area contributed by atoms with Crippen LogP contribution in [0.3, 0.4) is 0 Å². The SMILES string of the molecule is O=C(NCC1(N2CCOCC2)CCCCC1)c1ccc2ccccc2c1O. The number of nitrogens with one attached hydrogen (secondary N) is 1. The van der Waals surface area contributed by atoms with E-state index in [1.165, 1.54) is 19.3 Å². The van der Waals surface area contributed by atoms with Crippen molar-refractivity contribution >= 4 is 16.7 Å². The summed E-state index contributed by atoms with van der Waals surface area (Å²) in [7, 11) is 0. The molecule has 2 fully saturated rings. The molecule has 1 saturated carbocycles. The zero-order valence-electron chi connectivity index (χ0n) is 15.7. The minimum atomic E-state index is -0.198. The molecular weight excluding hydrogens is 340 g/mol. The number of hydrogen-bond acceptors (Lipinski definition) is 4. The van der Waals surface area contributed by atoms with Crippen LogP contribution in [-0.2, 0) is 4.74 Å². The van der Waals surface area contributed by atoms with E-state index in [0.29, 0.717) is 17.5 Å². The molecule has 2 aromatic rings. The lowest BCUT2D eigenvalue weighted by Crippen LogP contribution is -2.59. The van der Waals surface area contributed by atoms with E-state index in [1.807, 2.05) is 30.3 Å². The molecule has 5 heteroatoms. The average Bonchev–Trinajstić information content (AvgIpc) is 2.74. The molecule has 0 radical (unpaired) electrons. The fraction of sp³-hybridized carbons (Fsp3) is 0.500. The molecule has 1 aliphatic heterocycles. The highest BCUT2D eigenvalue weighted by atomic mass is 16.5. The third-order valence-corrected chi connectivity index (χ3v) is 6.19. The van der Waals surface area contributed by atoms with Gasteiger partial charge in [-0.25, -0.2) is 0 Å². The predicted octanol–water partition coefficient (Wildman–Crippen LogP) is 3.31. The van der Waals surface area contributed by atoms with Gasteiger partial charge in [-0.1, -0.05) is 49.6 Å². The average molecular weight is 368 g/mol. The third kappa shape index (κ3) is 3.66. The lowest BCUT2D eigenvalue weighted by atomic mass is 9.79. The van der Waals surface area contributed by atoms with E-state index >= 15 is 0 Å². The number of carbonyl (C=O) groups is 1. The standard InChI is InChI=1S/C22H28N2O3/c25-20-18-7-3-2-6-17(18)8-9-19(20)21(26)23-16-22(10-4-1-5-11-22)24-12-14-27-15-13-24/h2-3,6-9,25H,1,4-5,10-16H2,(H,23,26). The van der Waals surface area contributed by atoms with E-state index in [9.17, 15) is 9.90 Å². The van der Waals surface area contributed by atoms with E-state index in [4.69, 9.17) is 4.74 Å². The van der Waals surface area contributed by atoms with Gasteiger partial charge in [0.05, 0.1) is 18.8 Å². The molecule has 1 amide bonds. The molecule has 1 saturated heterocycles. The van der Waals surface area contributed by atoms with Crippen molar-refractivity contribution in [1.82, 2.24) is 10.2 Å². The molecule has 0 spiro atoms. The van der Waals surface area contributed by atoms with Gasteiger partial charge in [-0.05, 0) is 24.3 Å². The van der Waals surface area contributed by atoms with Crippen LogP contribution in [0.2, 0.25) is 0 Å². The number of phenols is 1. The number of carbonyl (C=O) groups excluding carboxylic acids is 1. The number of rotatable bonds is 4. The highest BCUT2D eigenvalue weighted by molar-refractivity contribution is 6.03. The van der Waals surface area contributed by atoms with Gasteiger partial charge in [0.25, 0.3) is 5.91 Å². The van der Waals surface area contributed by atoms with Crippen molar-refractivity contribution in [3.63, 3.8) is 0 Å². The first-order valence-corrected chi connectivity index (χ1v) is 10.0. The lowest BCUT2D eigenvalue weighted by Gasteiger charge is -2.48. The Labute approximate surface area is 160 Å². The van der Waals surface area contributed by atoms with Gasteiger partial charge in [0.15, 0.2) is 0 Å². The van der Waals surface area contributed by atoms with E-state index in [1.54, 1.807) is 6.07 Å². The van der Waals surface area contributed by atoms with Gasteiger partial charge >= 0.3 is 0 Å². The quantitative estimate of drug-likeness (QED) is 0.869. The van der Waals surface area contributed by atoms with E-state index in [0.717, 1.165) is 44.5 Å². The zero-order valence-corrected chi connectivity index (χ0v) is 15.7. The van der Waals surface area contributed by atoms with Gasteiger partial charge in [-0.3, -0.25) is 9.69 Å². The van der Waals surface area contributed by atoms with Gasteiger partial charge in [0.1, 0.15) is 5.75 Å². The van der Waals surface area contributed by atoms with Crippen LogP contribution in [0.5, 0.6) is 5.75 Å². The molecule has 4 rings (SSSR count). The van der Waals surface area contributed by atoms with Crippen LogP contribution in [0, 0.1) is 0 Å². The Morgan fingerprint density at radius 2 is 1.81 bits per heavy atom. The summed E-state index contributed by atoms with van der Waals surface area (Å²) in [5.74, 6) is -0.133. The minimum absolute atomic E-state index is 0.0180. The molecule has 2 aromatic carbocycles. The molecule has 0 bridgehead atoms. The summed E-state index contributed by atoms with van der Waals surface area (Å²) in [4.78, 5) is 15.4. The highest BCUT2D eigenvalue weighted by Gasteiger charge is 2.39. The number of morpholine rings is 1. The van der Waals surface area contributed by atoms with Crippen molar-refractivity contribution in [3.05, 3.63) is 42.0 Å². The fourth-order valence-electron chi connectivity index (χ4n) is 4.63. The Morgan fingerprint density at radius 1 is 1.07 bits per heavy atom. The summed E-state index contributed by atoms with van der Waals surface area (Å²) in [6.07, 6.45) is 5.89. The van der Waals surface area contributed by atoms with Crippen molar-refractivity contribution in [2.75, 3.05) is 32.8 Å². The van der Waals surface area contributed by atoms with Crippen molar-refractivity contribution in [2.24, 2.45) is 0 Å². The van der Waals surface area contributed by atoms with Gasteiger partial charge in [0.2, 0.25) is 0 Å². The van der Waals surface area contributed by atoms with E-state index < -0.39 is 0 Å². The normalized spacial score (nSPS) is 20.4. The molecule has 0 atom stereocenters. The third-order valence-electron chi connectivity index (χ3n) is 6.19. The summed E-state index contributed by atoms with van der Waals surface area (Å²) in [5, 5.41) is 15.4. The van der Waals surface area contributed by atoms with Crippen LogP contribution in [0.4, 0.5) is 0 Å². The molecular formula is C22H28N2O3. The number of fused-ring (bicyclic) bond motifs is 1. The number of aromatic hydroxyl groups is 1. The number of nitrogens with zero attached hydrogens (tertiary/aromatic N) is 1. The Bertz CT molecular complexity index is 808. The van der Waals surface area contributed by atoms with Crippen molar-refractivity contribution in [3.8, 4) is 5.75 Å². The Kier molecular flexibility index (Phi) is 5.32. The van der Waals surface area contributed by atoms with Crippen molar-refractivity contribution in [2.45, 2.75) is 37.6 Å². The first-order chi connectivity index (χ1) is 13.2. The number of phenolic OH excluding ortho intramolecular Hbond substituents is 1. The highest BCUT2D eigenvalue weighted by Crippen LogP contribution is 2.34. The Hall–Kier alpha value is -2.11. The van der Waals surface area contributed by atoms with E-state index in [2.05, 4.69) is 10.2 Å². The maximum atomic E-state index is 12.9. The smallest absolute Gasteiger partial charge is 0.255 e. The second-order valence-corrected chi connectivity index (χ2v) is 7.75. The molecule has 1 heterocycles. The van der Waals surface area contributed by atoms with Gasteiger partial charge < -0.3 is 15.2 Å². The molecule has 2 aliphatic rings. The Balaban J connectivity index is 1.52. The second kappa shape index (κ2) is 7.87. The summed E-state index contributed by atoms with van der Waals surface area (Å²) in [5.41, 5.74) is 0.367. The molecule has 144 valence electrons. The molecule has 5 nitrogen and oxygen atoms in total. The molecule has 2 N–H and O–H groups in total. The topological polar surface area (TPSA) is 61.8 Å². The van der Waals surface area contributed by atoms with E-state index in [-0.39, 0.29) is 17.2 Å². The number of benzene rings is 2.